The summed E-state index contributed by atoms with van der Waals surface area (Å²) in [5.74, 6) is 0.902. The largest absolute Gasteiger partial charge is 0.497 e. The van der Waals surface area contributed by atoms with Gasteiger partial charge >= 0.3 is 0 Å². The number of hydrogen-bond acceptors (Lipinski definition) is 3. The van der Waals surface area contributed by atoms with Crippen molar-refractivity contribution in [1.29, 1.82) is 0 Å². The molecule has 0 N–H and O–H groups in total. The van der Waals surface area contributed by atoms with Crippen LogP contribution in [0.5, 0.6) is 5.75 Å². The molecule has 1 aliphatic rings. The fourth-order valence-electron chi connectivity index (χ4n) is 2.97. The summed E-state index contributed by atoms with van der Waals surface area (Å²) < 4.78 is 11.8. The van der Waals surface area contributed by atoms with Crippen LogP contribution in [-0.4, -0.2) is 38.3 Å². The Labute approximate surface area is 116 Å². The molecule has 0 saturated carbocycles. The lowest BCUT2D eigenvalue weighted by atomic mass is 9.87. The predicted molar refractivity (Wildman–Crippen MR) is 77.6 cm³/mol. The van der Waals surface area contributed by atoms with Crippen LogP contribution in [0.4, 0.5) is 0 Å². The van der Waals surface area contributed by atoms with Gasteiger partial charge in [-0.2, -0.15) is 0 Å². The van der Waals surface area contributed by atoms with Crippen LogP contribution in [-0.2, 0) is 10.3 Å². The maximum absolute atomic E-state index is 6.41. The number of likely N-dealkylation sites (N-methyl/N-ethyl adjacent to an activating group) is 1. The molecule has 2 atom stereocenters. The lowest BCUT2D eigenvalue weighted by Gasteiger charge is -2.34. The second kappa shape index (κ2) is 5.93. The molecule has 0 radical (unpaired) electrons. The average Bonchev–Trinajstić information content (AvgIpc) is 2.58. The van der Waals surface area contributed by atoms with Crippen LogP contribution in [0, 0.1) is 0 Å². The predicted octanol–water partition coefficient (Wildman–Crippen LogP) is 3.04. The molecule has 19 heavy (non-hydrogen) atoms. The maximum atomic E-state index is 6.41. The molecule has 2 rings (SSSR count). The Morgan fingerprint density at radius 1 is 1.47 bits per heavy atom. The summed E-state index contributed by atoms with van der Waals surface area (Å²) in [6, 6.07) is 8.30. The lowest BCUT2D eigenvalue weighted by Crippen LogP contribution is -2.32. The number of benzene rings is 1. The fraction of sp³-hybridized carbons (Fsp3) is 0.625. The van der Waals surface area contributed by atoms with E-state index in [-0.39, 0.29) is 11.7 Å². The number of methoxy groups -OCH3 is 1. The Hall–Kier alpha value is -1.06. The first-order valence-electron chi connectivity index (χ1n) is 7.10. The van der Waals surface area contributed by atoms with Crippen molar-refractivity contribution in [2.24, 2.45) is 0 Å². The Morgan fingerprint density at radius 2 is 2.26 bits per heavy atom. The molecule has 3 heteroatoms. The minimum Gasteiger partial charge on any atom is -0.497 e. The molecule has 1 saturated heterocycles. The van der Waals surface area contributed by atoms with Gasteiger partial charge in [0, 0.05) is 13.1 Å². The van der Waals surface area contributed by atoms with E-state index in [1.54, 1.807) is 7.11 Å². The Morgan fingerprint density at radius 3 is 2.95 bits per heavy atom. The summed E-state index contributed by atoms with van der Waals surface area (Å²) in [4.78, 5) is 2.35. The number of hydrogen-bond donors (Lipinski definition) is 0. The van der Waals surface area contributed by atoms with Gasteiger partial charge in [0.15, 0.2) is 0 Å². The molecule has 2 unspecified atom stereocenters. The highest BCUT2D eigenvalue weighted by molar-refractivity contribution is 5.32. The summed E-state index contributed by atoms with van der Waals surface area (Å²) in [7, 11) is 3.87. The summed E-state index contributed by atoms with van der Waals surface area (Å²) in [5, 5.41) is 0. The van der Waals surface area contributed by atoms with Crippen molar-refractivity contribution in [3.05, 3.63) is 29.8 Å². The van der Waals surface area contributed by atoms with E-state index in [0.29, 0.717) is 0 Å². The molecule has 1 aliphatic heterocycles. The lowest BCUT2D eigenvalue weighted by molar-refractivity contribution is -0.0880. The van der Waals surface area contributed by atoms with Crippen LogP contribution in [0.2, 0.25) is 0 Å². The average molecular weight is 263 g/mol. The molecule has 0 amide bonds. The molecular formula is C16H25NO2. The van der Waals surface area contributed by atoms with Crippen molar-refractivity contribution in [1.82, 2.24) is 4.90 Å². The van der Waals surface area contributed by atoms with E-state index in [1.165, 1.54) is 5.56 Å². The number of ether oxygens (including phenoxy) is 2. The van der Waals surface area contributed by atoms with Crippen LogP contribution >= 0.6 is 0 Å². The molecule has 0 aromatic heterocycles. The summed E-state index contributed by atoms with van der Waals surface area (Å²) in [6.45, 7) is 6.42. The molecule has 0 aliphatic carbocycles. The van der Waals surface area contributed by atoms with Crippen molar-refractivity contribution >= 4 is 0 Å². The van der Waals surface area contributed by atoms with E-state index >= 15 is 0 Å². The van der Waals surface area contributed by atoms with Crippen molar-refractivity contribution in [2.75, 3.05) is 27.2 Å². The van der Waals surface area contributed by atoms with Gasteiger partial charge < -0.3 is 14.4 Å². The first-order chi connectivity index (χ1) is 9.09. The van der Waals surface area contributed by atoms with Crippen LogP contribution < -0.4 is 4.74 Å². The van der Waals surface area contributed by atoms with Crippen LogP contribution in [0.15, 0.2) is 24.3 Å². The van der Waals surface area contributed by atoms with Gasteiger partial charge in [0.05, 0.1) is 18.8 Å². The Balaban J connectivity index is 2.34. The van der Waals surface area contributed by atoms with E-state index < -0.39 is 0 Å². The number of nitrogens with zero attached hydrogens (tertiary/aromatic N) is 1. The maximum Gasteiger partial charge on any atom is 0.119 e. The van der Waals surface area contributed by atoms with Gasteiger partial charge in [-0.05, 0) is 44.5 Å². The zero-order valence-corrected chi connectivity index (χ0v) is 12.5. The first kappa shape index (κ1) is 14.4. The molecule has 1 heterocycles. The summed E-state index contributed by atoms with van der Waals surface area (Å²) >= 11 is 0. The molecular weight excluding hydrogens is 238 g/mol. The molecule has 106 valence electrons. The standard InChI is InChI=1S/C16H25NO2/c1-5-16(9-10-17(3)12-13(2)19-16)14-7-6-8-15(11-14)18-4/h6-8,11,13H,5,9-10,12H2,1-4H3. The second-order valence-electron chi connectivity index (χ2n) is 5.52. The Kier molecular flexibility index (Phi) is 4.48. The van der Waals surface area contributed by atoms with Crippen molar-refractivity contribution in [2.45, 2.75) is 38.4 Å². The molecule has 1 aromatic carbocycles. The molecule has 0 spiro atoms. The third kappa shape index (κ3) is 3.10. The summed E-state index contributed by atoms with van der Waals surface area (Å²) in [5.41, 5.74) is 1.05. The third-order valence-electron chi connectivity index (χ3n) is 4.06. The molecule has 1 fully saturated rings. The topological polar surface area (TPSA) is 21.7 Å². The van der Waals surface area contributed by atoms with Crippen molar-refractivity contribution in [3.8, 4) is 5.75 Å². The summed E-state index contributed by atoms with van der Waals surface area (Å²) in [6.07, 6.45) is 2.26. The van der Waals surface area contributed by atoms with Gasteiger partial charge in [-0.3, -0.25) is 0 Å². The van der Waals surface area contributed by atoms with Crippen molar-refractivity contribution in [3.63, 3.8) is 0 Å². The van der Waals surface area contributed by atoms with E-state index in [0.717, 1.165) is 31.7 Å². The van der Waals surface area contributed by atoms with Gasteiger partial charge in [-0.1, -0.05) is 19.1 Å². The smallest absolute Gasteiger partial charge is 0.119 e. The van der Waals surface area contributed by atoms with E-state index in [9.17, 15) is 0 Å². The van der Waals surface area contributed by atoms with Crippen LogP contribution in [0.3, 0.4) is 0 Å². The number of rotatable bonds is 3. The van der Waals surface area contributed by atoms with Gasteiger partial charge in [0.1, 0.15) is 5.75 Å². The highest BCUT2D eigenvalue weighted by Gasteiger charge is 2.36. The van der Waals surface area contributed by atoms with E-state index in [2.05, 4.69) is 37.9 Å². The van der Waals surface area contributed by atoms with E-state index in [1.807, 2.05) is 12.1 Å². The highest BCUT2D eigenvalue weighted by atomic mass is 16.5. The zero-order chi connectivity index (χ0) is 13.9. The first-order valence-corrected chi connectivity index (χ1v) is 7.10. The van der Waals surface area contributed by atoms with Gasteiger partial charge in [-0.15, -0.1) is 0 Å². The highest BCUT2D eigenvalue weighted by Crippen LogP contribution is 2.37. The normalized spacial score (nSPS) is 28.9. The van der Waals surface area contributed by atoms with Gasteiger partial charge in [-0.25, -0.2) is 0 Å². The minimum atomic E-state index is -0.182. The van der Waals surface area contributed by atoms with Crippen LogP contribution in [0.1, 0.15) is 32.3 Å². The molecule has 1 aromatic rings. The third-order valence-corrected chi connectivity index (χ3v) is 4.06. The molecule has 3 nitrogen and oxygen atoms in total. The monoisotopic (exact) mass is 263 g/mol. The van der Waals surface area contributed by atoms with Crippen LogP contribution in [0.25, 0.3) is 0 Å². The SMILES string of the molecule is CCC1(c2cccc(OC)c2)CCN(C)CC(C)O1. The minimum absolute atomic E-state index is 0.182. The van der Waals surface area contributed by atoms with Crippen molar-refractivity contribution < 1.29 is 9.47 Å². The van der Waals surface area contributed by atoms with Gasteiger partial charge in [0.2, 0.25) is 0 Å². The molecule has 0 bridgehead atoms. The second-order valence-corrected chi connectivity index (χ2v) is 5.52. The Bertz CT molecular complexity index is 421. The zero-order valence-electron chi connectivity index (χ0n) is 12.5. The fourth-order valence-corrected chi connectivity index (χ4v) is 2.97. The van der Waals surface area contributed by atoms with E-state index in [4.69, 9.17) is 9.47 Å². The quantitative estimate of drug-likeness (QED) is 0.836. The van der Waals surface area contributed by atoms with Gasteiger partial charge in [0.25, 0.3) is 0 Å².